The molecular formula is C21H29F2Li2N2O6P. The molecule has 1 heterocycles. The Labute approximate surface area is 222 Å². The number of amides is 1. The molecule has 0 radical (unpaired) electrons. The molecule has 1 fully saturated rings. The topological polar surface area (TPSA) is 136 Å². The monoisotopic (exact) mass is 488 g/mol. The molecule has 180 valence electrons. The smallest absolute Gasteiger partial charge is 0.778 e. The molecule has 0 aromatic heterocycles. The van der Waals surface area contributed by atoms with Crippen LogP contribution in [0.5, 0.6) is 0 Å². The van der Waals surface area contributed by atoms with Crippen molar-refractivity contribution >= 4 is 19.5 Å². The van der Waals surface area contributed by atoms with Crippen LogP contribution >= 0.6 is 7.60 Å². The van der Waals surface area contributed by atoms with Crippen LogP contribution < -0.4 is 53.5 Å². The summed E-state index contributed by atoms with van der Waals surface area (Å²) in [5.41, 5.74) is 6.49. The Morgan fingerprint density at radius 2 is 1.82 bits per heavy atom. The predicted molar refractivity (Wildman–Crippen MR) is 110 cm³/mol. The van der Waals surface area contributed by atoms with Gasteiger partial charge in [0.2, 0.25) is 0 Å². The number of carboxylic acid groups (broad SMARTS) is 1. The largest absolute Gasteiger partial charge is 1.00 e. The number of halogens is 2. The van der Waals surface area contributed by atoms with Gasteiger partial charge in [-0.15, -0.1) is 0 Å². The zero-order valence-electron chi connectivity index (χ0n) is 19.8. The molecule has 0 spiro atoms. The molecule has 0 aliphatic carbocycles. The van der Waals surface area contributed by atoms with E-state index in [2.05, 4.69) is 0 Å². The van der Waals surface area contributed by atoms with Gasteiger partial charge in [0.25, 0.3) is 11.8 Å². The van der Waals surface area contributed by atoms with Crippen molar-refractivity contribution in [2.24, 2.45) is 5.73 Å². The second-order valence-corrected chi connectivity index (χ2v) is 9.90. The molecular weight excluding hydrogens is 459 g/mol. The van der Waals surface area contributed by atoms with Crippen molar-refractivity contribution in [1.29, 1.82) is 0 Å². The van der Waals surface area contributed by atoms with Gasteiger partial charge in [0.05, 0.1) is 18.6 Å². The minimum absolute atomic E-state index is 0. The maximum atomic E-state index is 13.8. The Kier molecular flexibility index (Phi) is 15.1. The number of carbonyl (C=O) groups is 2. The number of nitrogens with zero attached hydrogens (tertiary/aromatic N) is 1. The molecule has 1 amide bonds. The van der Waals surface area contributed by atoms with Crippen molar-refractivity contribution in [3.8, 4) is 0 Å². The molecule has 1 aromatic rings. The molecule has 0 saturated carbocycles. The van der Waals surface area contributed by atoms with E-state index < -0.39 is 50.5 Å². The molecule has 8 nitrogen and oxygen atoms in total. The first-order chi connectivity index (χ1) is 15.0. The van der Waals surface area contributed by atoms with Gasteiger partial charge in [0.15, 0.2) is 0 Å². The fraction of sp³-hybridized carbons (Fsp3) is 0.619. The van der Waals surface area contributed by atoms with Gasteiger partial charge in [-0.3, -0.25) is 4.79 Å². The Bertz CT molecular complexity index is 822. The van der Waals surface area contributed by atoms with Crippen LogP contribution in [-0.4, -0.2) is 54.1 Å². The summed E-state index contributed by atoms with van der Waals surface area (Å²) in [6.07, 6.45) is -0.710. The number of hydrogen-bond acceptors (Lipinski definition) is 7. The molecule has 13 heteroatoms. The van der Waals surface area contributed by atoms with Crippen molar-refractivity contribution in [3.63, 3.8) is 0 Å². The van der Waals surface area contributed by atoms with Gasteiger partial charge in [-0.05, 0) is 50.6 Å². The zero-order chi connectivity index (χ0) is 23.8. The fourth-order valence-electron chi connectivity index (χ4n) is 3.67. The summed E-state index contributed by atoms with van der Waals surface area (Å²) in [7, 11) is -4.47. The second-order valence-electron chi connectivity index (χ2n) is 8.02. The van der Waals surface area contributed by atoms with Crippen LogP contribution in [0.25, 0.3) is 0 Å². The van der Waals surface area contributed by atoms with Gasteiger partial charge < -0.3 is 34.5 Å². The molecule has 2 rings (SSSR count). The normalized spacial score (nSPS) is 19.4. The summed E-state index contributed by atoms with van der Waals surface area (Å²) in [5.74, 6) is -6.31. The SMILES string of the molecule is NCCCC[C@H](OP(=O)([O-])CCCCc1ccccc1)C(=O)N1CC(F)(F)C[C@H]1C(=O)[O-].[Li+].[Li+]. The van der Waals surface area contributed by atoms with Crippen molar-refractivity contribution < 1.29 is 75.2 Å². The summed E-state index contributed by atoms with van der Waals surface area (Å²) >= 11 is 0. The van der Waals surface area contributed by atoms with Crippen molar-refractivity contribution in [3.05, 3.63) is 35.9 Å². The summed E-state index contributed by atoms with van der Waals surface area (Å²) in [6, 6.07) is 7.67. The standard InChI is InChI=1S/C21H31F2N2O6P.2Li/c22-21(23)14-17(20(27)28)25(15-21)19(26)18(11-4-6-12-24)31-32(29,30)13-7-5-10-16-8-2-1-3-9-16;;/h1-3,8-9,17-18H,4-7,10-15,24H2,(H,27,28)(H,29,30);;/q;2*+1/p-2/t17-,18-;;/m0../s1. The number of benzene rings is 1. The van der Waals surface area contributed by atoms with Gasteiger partial charge in [0, 0.05) is 12.6 Å². The van der Waals surface area contributed by atoms with Crippen LogP contribution in [-0.2, 0) is 25.1 Å². The first kappa shape index (κ1) is 33.3. The first-order valence-electron chi connectivity index (χ1n) is 10.7. The van der Waals surface area contributed by atoms with E-state index >= 15 is 0 Å². The van der Waals surface area contributed by atoms with E-state index in [0.717, 1.165) is 5.56 Å². The van der Waals surface area contributed by atoms with E-state index in [4.69, 9.17) is 10.3 Å². The van der Waals surface area contributed by atoms with Gasteiger partial charge in [-0.1, -0.05) is 30.3 Å². The third-order valence-corrected chi connectivity index (χ3v) is 6.74. The predicted octanol–water partition coefficient (Wildman–Crippen LogP) is -4.93. The number of aliphatic carboxylic acids is 1. The molecule has 1 saturated heterocycles. The number of rotatable bonds is 13. The average molecular weight is 488 g/mol. The van der Waals surface area contributed by atoms with E-state index in [1.54, 1.807) is 0 Å². The van der Waals surface area contributed by atoms with Gasteiger partial charge >= 0.3 is 37.7 Å². The number of carboxylic acids is 1. The van der Waals surface area contributed by atoms with Crippen molar-refractivity contribution in [2.45, 2.75) is 63.0 Å². The Hall–Kier alpha value is -0.675. The van der Waals surface area contributed by atoms with Crippen molar-refractivity contribution in [1.82, 2.24) is 4.90 Å². The van der Waals surface area contributed by atoms with E-state index in [1.807, 2.05) is 30.3 Å². The Morgan fingerprint density at radius 1 is 1.18 bits per heavy atom. The maximum Gasteiger partial charge on any atom is 1.00 e. The molecule has 34 heavy (non-hydrogen) atoms. The van der Waals surface area contributed by atoms with E-state index in [1.165, 1.54) is 0 Å². The average Bonchev–Trinajstić information content (AvgIpc) is 3.07. The summed E-state index contributed by atoms with van der Waals surface area (Å²) < 4.78 is 45.1. The van der Waals surface area contributed by atoms with Crippen LogP contribution in [0.15, 0.2) is 30.3 Å². The summed E-state index contributed by atoms with van der Waals surface area (Å²) in [6.45, 7) is -0.833. The van der Waals surface area contributed by atoms with Crippen LogP contribution in [0.3, 0.4) is 0 Å². The Balaban J connectivity index is 0.00000544. The van der Waals surface area contributed by atoms with Gasteiger partial charge in [-0.2, -0.15) is 0 Å². The summed E-state index contributed by atoms with van der Waals surface area (Å²) in [5, 5.41) is 11.3. The van der Waals surface area contributed by atoms with Gasteiger partial charge in [0.1, 0.15) is 13.7 Å². The minimum Gasteiger partial charge on any atom is -0.778 e. The Morgan fingerprint density at radius 3 is 2.41 bits per heavy atom. The van der Waals surface area contributed by atoms with Crippen molar-refractivity contribution in [2.75, 3.05) is 19.3 Å². The van der Waals surface area contributed by atoms with Crippen LogP contribution in [0.4, 0.5) is 8.78 Å². The summed E-state index contributed by atoms with van der Waals surface area (Å²) in [4.78, 5) is 37.0. The van der Waals surface area contributed by atoms with E-state index in [-0.39, 0.29) is 50.3 Å². The zero-order valence-corrected chi connectivity index (χ0v) is 20.7. The minimum atomic E-state index is -4.47. The molecule has 1 aromatic carbocycles. The maximum absolute atomic E-state index is 13.8. The quantitative estimate of drug-likeness (QED) is 0.167. The number of carbonyl (C=O) groups excluding carboxylic acids is 2. The van der Waals surface area contributed by atoms with Gasteiger partial charge in [-0.25, -0.2) is 8.78 Å². The fourth-order valence-corrected chi connectivity index (χ4v) is 4.96. The number of nitrogens with two attached hydrogens (primary N) is 1. The molecule has 2 N–H and O–H groups in total. The van der Waals surface area contributed by atoms with Crippen LogP contribution in [0.1, 0.15) is 44.1 Å². The second kappa shape index (κ2) is 15.4. The number of likely N-dealkylation sites (tertiary alicyclic amines) is 1. The first-order valence-corrected chi connectivity index (χ1v) is 12.4. The third kappa shape index (κ3) is 10.9. The van der Waals surface area contributed by atoms with E-state index in [0.29, 0.717) is 43.5 Å². The molecule has 1 aliphatic heterocycles. The number of aryl methyl sites for hydroxylation is 1. The third-order valence-electron chi connectivity index (χ3n) is 5.30. The van der Waals surface area contributed by atoms with E-state index in [9.17, 15) is 32.9 Å². The molecule has 0 bridgehead atoms. The molecule has 1 aliphatic rings. The molecule has 3 atom stereocenters. The number of hydrogen-bond donors (Lipinski definition) is 1. The van der Waals surface area contributed by atoms with Crippen LogP contribution in [0, 0.1) is 0 Å². The molecule has 1 unspecified atom stereocenters. The number of alkyl halides is 2. The number of unbranched alkanes of at least 4 members (excludes halogenated alkanes) is 2. The van der Waals surface area contributed by atoms with Crippen LogP contribution in [0.2, 0.25) is 0 Å².